The van der Waals surface area contributed by atoms with Crippen molar-refractivity contribution in [3.8, 4) is 0 Å². The number of rotatable bonds is 6. The van der Waals surface area contributed by atoms with E-state index in [9.17, 15) is 22.4 Å². The van der Waals surface area contributed by atoms with Crippen LogP contribution in [0.25, 0.3) is 0 Å². The van der Waals surface area contributed by atoms with Crippen LogP contribution in [0.4, 0.5) is 17.6 Å². The standard InChI is InChI=1S/C25H21ClF4N2O/c1-15-3-2-4-16(9-15)13-24(32-23(33)17-5-6-17,22-8-7-20(26)14-31-22)18-10-19(25(28,29)30)12-21(27)11-18/h2-4,7-12,14,17H,5-6,13H2,1H3,(H,32,33)/t24-/m1/s1. The van der Waals surface area contributed by atoms with E-state index in [0.717, 1.165) is 23.3 Å². The van der Waals surface area contributed by atoms with Crippen molar-refractivity contribution in [2.45, 2.75) is 37.9 Å². The van der Waals surface area contributed by atoms with Gasteiger partial charge in [-0.1, -0.05) is 41.4 Å². The van der Waals surface area contributed by atoms with E-state index in [1.54, 1.807) is 12.1 Å². The fourth-order valence-electron chi connectivity index (χ4n) is 3.94. The van der Waals surface area contributed by atoms with Gasteiger partial charge in [0.2, 0.25) is 5.91 Å². The van der Waals surface area contributed by atoms with Crippen LogP contribution in [-0.2, 0) is 22.9 Å². The Hall–Kier alpha value is -2.93. The Labute approximate surface area is 193 Å². The first-order valence-electron chi connectivity index (χ1n) is 10.4. The number of benzene rings is 2. The zero-order chi connectivity index (χ0) is 23.8. The highest BCUT2D eigenvalue weighted by atomic mass is 35.5. The minimum Gasteiger partial charge on any atom is -0.340 e. The number of carbonyl (C=O) groups excluding carboxylic acids is 1. The number of aryl methyl sites for hydroxylation is 1. The zero-order valence-corrected chi connectivity index (χ0v) is 18.5. The molecule has 8 heteroatoms. The van der Waals surface area contributed by atoms with E-state index in [2.05, 4.69) is 10.3 Å². The normalized spacial score (nSPS) is 15.7. The van der Waals surface area contributed by atoms with E-state index in [4.69, 9.17) is 11.6 Å². The summed E-state index contributed by atoms with van der Waals surface area (Å²) in [6, 6.07) is 12.8. The lowest BCUT2D eigenvalue weighted by Gasteiger charge is -2.36. The van der Waals surface area contributed by atoms with E-state index in [0.29, 0.717) is 23.9 Å². The lowest BCUT2D eigenvalue weighted by Crippen LogP contribution is -2.50. The fourth-order valence-corrected chi connectivity index (χ4v) is 4.05. The predicted molar refractivity (Wildman–Crippen MR) is 117 cm³/mol. The summed E-state index contributed by atoms with van der Waals surface area (Å²) in [6.07, 6.45) is -1.95. The van der Waals surface area contributed by atoms with Gasteiger partial charge in [-0.05, 0) is 61.2 Å². The van der Waals surface area contributed by atoms with E-state index < -0.39 is 23.1 Å². The minimum absolute atomic E-state index is 0.0415. The number of alkyl halides is 3. The van der Waals surface area contributed by atoms with E-state index >= 15 is 0 Å². The minimum atomic E-state index is -4.76. The van der Waals surface area contributed by atoms with Crippen molar-refractivity contribution in [1.82, 2.24) is 10.3 Å². The second-order valence-electron chi connectivity index (χ2n) is 8.42. The van der Waals surface area contributed by atoms with E-state index in [-0.39, 0.29) is 29.5 Å². The van der Waals surface area contributed by atoms with Gasteiger partial charge in [0.15, 0.2) is 0 Å². The number of aromatic nitrogens is 1. The van der Waals surface area contributed by atoms with Crippen LogP contribution < -0.4 is 5.32 Å². The zero-order valence-electron chi connectivity index (χ0n) is 17.7. The molecule has 1 saturated carbocycles. The van der Waals surface area contributed by atoms with Gasteiger partial charge >= 0.3 is 6.18 Å². The van der Waals surface area contributed by atoms with Gasteiger partial charge in [0.25, 0.3) is 0 Å². The third-order valence-electron chi connectivity index (χ3n) is 5.72. The molecule has 1 aliphatic carbocycles. The molecule has 0 radical (unpaired) electrons. The highest BCUT2D eigenvalue weighted by molar-refractivity contribution is 6.30. The Bertz CT molecular complexity index is 1180. The first-order valence-corrected chi connectivity index (χ1v) is 10.8. The number of nitrogens with one attached hydrogen (secondary N) is 1. The smallest absolute Gasteiger partial charge is 0.340 e. The molecule has 0 bridgehead atoms. The van der Waals surface area contributed by atoms with Gasteiger partial charge < -0.3 is 5.32 Å². The summed E-state index contributed by atoms with van der Waals surface area (Å²) in [5, 5.41) is 3.27. The van der Waals surface area contributed by atoms with Gasteiger partial charge in [-0.2, -0.15) is 13.2 Å². The largest absolute Gasteiger partial charge is 0.416 e. The quantitative estimate of drug-likeness (QED) is 0.429. The molecule has 172 valence electrons. The number of pyridine rings is 1. The van der Waals surface area contributed by atoms with Crippen molar-refractivity contribution in [3.05, 3.63) is 99.6 Å². The van der Waals surface area contributed by atoms with Crippen LogP contribution in [0.5, 0.6) is 0 Å². The molecular weight excluding hydrogens is 456 g/mol. The Morgan fingerprint density at radius 2 is 1.82 bits per heavy atom. The molecule has 1 atom stereocenters. The average Bonchev–Trinajstić information content (AvgIpc) is 3.58. The summed E-state index contributed by atoms with van der Waals surface area (Å²) in [7, 11) is 0. The summed E-state index contributed by atoms with van der Waals surface area (Å²) >= 11 is 6.01. The topological polar surface area (TPSA) is 42.0 Å². The van der Waals surface area contributed by atoms with Crippen LogP contribution in [-0.4, -0.2) is 10.9 Å². The lowest BCUT2D eigenvalue weighted by molar-refractivity contribution is -0.137. The molecule has 3 aromatic rings. The number of hydrogen-bond donors (Lipinski definition) is 1. The number of carbonyl (C=O) groups is 1. The number of nitrogens with zero attached hydrogens (tertiary/aromatic N) is 1. The highest BCUT2D eigenvalue weighted by Crippen LogP contribution is 2.39. The molecule has 1 N–H and O–H groups in total. The van der Waals surface area contributed by atoms with Gasteiger partial charge in [-0.25, -0.2) is 4.39 Å². The second-order valence-corrected chi connectivity index (χ2v) is 8.86. The van der Waals surface area contributed by atoms with Crippen LogP contribution in [0, 0.1) is 18.7 Å². The average molecular weight is 477 g/mol. The van der Waals surface area contributed by atoms with Crippen molar-refractivity contribution in [1.29, 1.82) is 0 Å². The maximum absolute atomic E-state index is 14.5. The lowest BCUT2D eigenvalue weighted by atomic mass is 9.79. The van der Waals surface area contributed by atoms with Crippen molar-refractivity contribution in [2.75, 3.05) is 0 Å². The highest BCUT2D eigenvalue weighted by Gasteiger charge is 2.43. The monoisotopic (exact) mass is 476 g/mol. The molecule has 0 spiro atoms. The summed E-state index contributed by atoms with van der Waals surface area (Å²) < 4.78 is 55.3. The van der Waals surface area contributed by atoms with Crippen LogP contribution in [0.2, 0.25) is 5.02 Å². The Morgan fingerprint density at radius 1 is 1.09 bits per heavy atom. The Balaban J connectivity index is 1.96. The summed E-state index contributed by atoms with van der Waals surface area (Å²) in [4.78, 5) is 17.3. The van der Waals surface area contributed by atoms with Crippen LogP contribution in [0.15, 0.2) is 60.8 Å². The van der Waals surface area contributed by atoms with Crippen LogP contribution >= 0.6 is 11.6 Å². The molecule has 1 amide bonds. The number of amides is 1. The van der Waals surface area contributed by atoms with Crippen LogP contribution in [0.1, 0.15) is 40.8 Å². The molecule has 4 rings (SSSR count). The third kappa shape index (κ3) is 5.19. The van der Waals surface area contributed by atoms with Crippen molar-refractivity contribution >= 4 is 17.5 Å². The van der Waals surface area contributed by atoms with Crippen molar-refractivity contribution < 1.29 is 22.4 Å². The van der Waals surface area contributed by atoms with Crippen LogP contribution in [0.3, 0.4) is 0 Å². The van der Waals surface area contributed by atoms with E-state index in [1.165, 1.54) is 6.20 Å². The van der Waals surface area contributed by atoms with Gasteiger partial charge in [0.05, 0.1) is 16.3 Å². The maximum Gasteiger partial charge on any atom is 0.416 e. The maximum atomic E-state index is 14.5. The third-order valence-corrected chi connectivity index (χ3v) is 5.94. The summed E-state index contributed by atoms with van der Waals surface area (Å²) in [5.74, 6) is -1.59. The molecular formula is C25H21ClF4N2O. The van der Waals surface area contributed by atoms with Gasteiger partial charge in [0.1, 0.15) is 11.4 Å². The first kappa shape index (κ1) is 23.2. The number of halogens is 5. The van der Waals surface area contributed by atoms with Crippen molar-refractivity contribution in [3.63, 3.8) is 0 Å². The molecule has 3 nitrogen and oxygen atoms in total. The van der Waals surface area contributed by atoms with E-state index in [1.807, 2.05) is 31.2 Å². The molecule has 1 heterocycles. The van der Waals surface area contributed by atoms with Crippen molar-refractivity contribution in [2.24, 2.45) is 5.92 Å². The fraction of sp³-hybridized carbons (Fsp3) is 0.280. The first-order chi connectivity index (χ1) is 15.6. The molecule has 1 aliphatic rings. The predicted octanol–water partition coefficient (Wildman–Crippen LogP) is 6.21. The molecule has 0 aliphatic heterocycles. The van der Waals surface area contributed by atoms with Gasteiger partial charge in [-0.3, -0.25) is 9.78 Å². The summed E-state index contributed by atoms with van der Waals surface area (Å²) in [6.45, 7) is 1.89. The second kappa shape index (κ2) is 8.78. The molecule has 1 aromatic heterocycles. The molecule has 33 heavy (non-hydrogen) atoms. The molecule has 0 saturated heterocycles. The van der Waals surface area contributed by atoms with Gasteiger partial charge in [0, 0.05) is 18.5 Å². The molecule has 2 aromatic carbocycles. The Kier molecular flexibility index (Phi) is 6.18. The number of hydrogen-bond acceptors (Lipinski definition) is 2. The molecule has 0 unspecified atom stereocenters. The Morgan fingerprint density at radius 3 is 2.42 bits per heavy atom. The SMILES string of the molecule is Cc1cccc(C[C@@](NC(=O)C2CC2)(c2cc(F)cc(C(F)(F)F)c2)c2ccc(Cl)cn2)c1. The van der Waals surface area contributed by atoms with Gasteiger partial charge in [-0.15, -0.1) is 0 Å². The summed E-state index contributed by atoms with van der Waals surface area (Å²) in [5.41, 5.74) is -0.767. The molecule has 1 fully saturated rings.